The molecule has 2 aliphatic heterocycles. The Bertz CT molecular complexity index is 1780. The Hall–Kier alpha value is -5.72. The van der Waals surface area contributed by atoms with Gasteiger partial charge in [-0.05, 0) is 44.5 Å². The molecule has 0 bridgehead atoms. The first-order chi connectivity index (χ1) is 25.1. The van der Waals surface area contributed by atoms with Crippen molar-refractivity contribution in [3.8, 4) is 22.3 Å². The molecular weight excluding hydrogens is 668 g/mol. The minimum absolute atomic E-state index is 0.0202. The van der Waals surface area contributed by atoms with Crippen LogP contribution in [0.25, 0.3) is 22.3 Å². The number of aliphatic hydroxyl groups is 2. The van der Waals surface area contributed by atoms with Crippen LogP contribution in [0.4, 0.5) is 9.59 Å². The van der Waals surface area contributed by atoms with Crippen molar-refractivity contribution < 1.29 is 49.1 Å². The smallest absolute Gasteiger partial charge is 0.410 e. The monoisotopic (exact) mass is 706 g/mol. The van der Waals surface area contributed by atoms with Gasteiger partial charge in [0.25, 0.3) is 0 Å². The summed E-state index contributed by atoms with van der Waals surface area (Å²) < 4.78 is 10.9. The van der Waals surface area contributed by atoms with Gasteiger partial charge in [-0.2, -0.15) is 0 Å². The quantitative estimate of drug-likeness (QED) is 0.216. The summed E-state index contributed by atoms with van der Waals surface area (Å²) in [5, 5.41) is 37.8. The number of carbonyl (C=O) groups excluding carboxylic acids is 2. The number of hydrogen-bond donors (Lipinski definition) is 4. The van der Waals surface area contributed by atoms with E-state index in [0.717, 1.165) is 54.3 Å². The number of rotatable bonds is 6. The van der Waals surface area contributed by atoms with Crippen LogP contribution in [0.1, 0.15) is 46.9 Å². The summed E-state index contributed by atoms with van der Waals surface area (Å²) >= 11 is 0. The molecule has 2 fully saturated rings. The Morgan fingerprint density at radius 1 is 0.519 bits per heavy atom. The van der Waals surface area contributed by atoms with E-state index in [0.29, 0.717) is 0 Å². The topological polar surface area (TPSA) is 174 Å². The Balaban J connectivity index is 0.000000162. The van der Waals surface area contributed by atoms with Crippen LogP contribution in [0.3, 0.4) is 0 Å². The maximum absolute atomic E-state index is 12.4. The molecule has 2 heterocycles. The molecular formula is C40H38N2O10. The fourth-order valence-electron chi connectivity index (χ4n) is 7.85. The van der Waals surface area contributed by atoms with E-state index in [1.807, 2.05) is 97.1 Å². The lowest BCUT2D eigenvalue weighted by atomic mass is 9.98. The molecule has 2 aliphatic carbocycles. The van der Waals surface area contributed by atoms with Crippen molar-refractivity contribution in [3.63, 3.8) is 0 Å². The molecule has 12 heteroatoms. The standard InChI is InChI=1S/2C20H19NO5/c2*22-12-9-18(19(23)24)21(10-12)20(25)26-11-17-15-7-3-1-5-13(15)14-6-2-4-8-16(14)17/h2*1-8,12,17-18,22H,9-11H2,(H,23,24)/t2*12-,18-/m11/s1. The fraction of sp³-hybridized carbons (Fsp3) is 0.300. The first kappa shape index (κ1) is 34.7. The molecule has 268 valence electrons. The molecule has 0 spiro atoms. The molecule has 52 heavy (non-hydrogen) atoms. The normalized spacial score (nSPS) is 21.3. The van der Waals surface area contributed by atoms with E-state index in [4.69, 9.17) is 9.47 Å². The second kappa shape index (κ2) is 14.5. The molecule has 0 unspecified atom stereocenters. The van der Waals surface area contributed by atoms with E-state index in [2.05, 4.69) is 0 Å². The zero-order valence-corrected chi connectivity index (χ0v) is 28.1. The number of carboxylic acids is 2. The summed E-state index contributed by atoms with van der Waals surface area (Å²) in [5.74, 6) is -2.42. The van der Waals surface area contributed by atoms with Gasteiger partial charge in [0.15, 0.2) is 0 Å². The van der Waals surface area contributed by atoms with Crippen LogP contribution >= 0.6 is 0 Å². The third kappa shape index (κ3) is 6.58. The van der Waals surface area contributed by atoms with Gasteiger partial charge in [0, 0.05) is 24.7 Å². The Labute approximate surface area is 299 Å². The molecule has 12 nitrogen and oxygen atoms in total. The number of aliphatic hydroxyl groups excluding tert-OH is 2. The summed E-state index contributed by atoms with van der Waals surface area (Å²) in [6.45, 7) is 0.221. The van der Waals surface area contributed by atoms with Crippen LogP contribution in [0, 0.1) is 0 Å². The molecule has 4 aromatic rings. The number of ether oxygens (including phenoxy) is 2. The number of aliphatic carboxylic acids is 2. The van der Waals surface area contributed by atoms with Gasteiger partial charge in [-0.1, -0.05) is 97.1 Å². The van der Waals surface area contributed by atoms with Gasteiger partial charge in [-0.15, -0.1) is 0 Å². The average molecular weight is 707 g/mol. The molecule has 8 rings (SSSR count). The van der Waals surface area contributed by atoms with Crippen LogP contribution in [0.15, 0.2) is 97.1 Å². The molecule has 0 aromatic heterocycles. The fourth-order valence-corrected chi connectivity index (χ4v) is 7.85. The molecule has 0 saturated carbocycles. The average Bonchev–Trinajstić information content (AvgIpc) is 3.91. The van der Waals surface area contributed by atoms with E-state index in [-0.39, 0.29) is 51.0 Å². The highest BCUT2D eigenvalue weighted by molar-refractivity contribution is 5.83. The zero-order chi connectivity index (χ0) is 36.5. The maximum Gasteiger partial charge on any atom is 0.410 e. The van der Waals surface area contributed by atoms with Crippen molar-refractivity contribution in [2.24, 2.45) is 0 Å². The predicted molar refractivity (Wildman–Crippen MR) is 188 cm³/mol. The minimum atomic E-state index is -1.13. The highest BCUT2D eigenvalue weighted by atomic mass is 16.6. The van der Waals surface area contributed by atoms with Gasteiger partial charge < -0.3 is 29.9 Å². The number of amides is 2. The predicted octanol–water partition coefficient (Wildman–Crippen LogP) is 4.91. The Morgan fingerprint density at radius 2 is 0.808 bits per heavy atom. The molecule has 2 amide bonds. The number of carboxylic acid groups (broad SMARTS) is 2. The highest BCUT2D eigenvalue weighted by Crippen LogP contribution is 2.46. The van der Waals surface area contributed by atoms with Crippen LogP contribution in [-0.2, 0) is 19.1 Å². The molecule has 0 radical (unpaired) electrons. The van der Waals surface area contributed by atoms with Crippen molar-refractivity contribution in [3.05, 3.63) is 119 Å². The van der Waals surface area contributed by atoms with E-state index in [9.17, 15) is 39.6 Å². The van der Waals surface area contributed by atoms with Crippen LogP contribution < -0.4 is 0 Å². The number of nitrogens with zero attached hydrogens (tertiary/aromatic N) is 2. The van der Waals surface area contributed by atoms with E-state index in [1.54, 1.807) is 0 Å². The van der Waals surface area contributed by atoms with Crippen LogP contribution in [0.5, 0.6) is 0 Å². The first-order valence-corrected chi connectivity index (χ1v) is 17.2. The largest absolute Gasteiger partial charge is 0.480 e. The van der Waals surface area contributed by atoms with Crippen molar-refractivity contribution in [1.29, 1.82) is 0 Å². The van der Waals surface area contributed by atoms with Crippen molar-refractivity contribution in [2.75, 3.05) is 26.3 Å². The Morgan fingerprint density at radius 3 is 1.10 bits per heavy atom. The lowest BCUT2D eigenvalue weighted by Gasteiger charge is -2.22. The van der Waals surface area contributed by atoms with Gasteiger partial charge >= 0.3 is 24.1 Å². The number of β-amino-alcohol motifs (C(OH)–C–C–N with tert-alkyl or cyclic N) is 2. The highest BCUT2D eigenvalue weighted by Gasteiger charge is 2.42. The van der Waals surface area contributed by atoms with Gasteiger partial charge in [0.2, 0.25) is 0 Å². The van der Waals surface area contributed by atoms with Crippen LogP contribution in [0.2, 0.25) is 0 Å². The number of benzene rings is 4. The SMILES string of the molecule is O=C(O)[C@H]1C[C@@H](O)CN1C(=O)OCC1c2ccccc2-c2ccccc21.O=C(O)[C@H]1C[C@@H](O)CN1C(=O)OCC1c2ccccc2-c2ccccc21. The van der Waals surface area contributed by atoms with E-state index < -0.39 is 48.4 Å². The molecule has 4 aromatic carbocycles. The molecule has 4 aliphatic rings. The first-order valence-electron chi connectivity index (χ1n) is 17.2. The summed E-state index contributed by atoms with van der Waals surface area (Å²) in [6.07, 6.45) is -3.02. The second-order valence-corrected chi connectivity index (χ2v) is 13.4. The van der Waals surface area contributed by atoms with Gasteiger partial charge in [0.05, 0.1) is 25.3 Å². The molecule has 4 N–H and O–H groups in total. The van der Waals surface area contributed by atoms with Crippen LogP contribution in [-0.4, -0.2) is 105 Å². The third-order valence-electron chi connectivity index (χ3n) is 10.3. The number of fused-ring (bicyclic) bond motifs is 6. The summed E-state index contributed by atoms with van der Waals surface area (Å²) in [6, 6.07) is 29.9. The lowest BCUT2D eigenvalue weighted by Crippen LogP contribution is -2.41. The molecule has 4 atom stereocenters. The summed E-state index contributed by atoms with van der Waals surface area (Å²) in [4.78, 5) is 49.6. The van der Waals surface area contributed by atoms with E-state index >= 15 is 0 Å². The lowest BCUT2D eigenvalue weighted by molar-refractivity contribution is -0.142. The third-order valence-corrected chi connectivity index (χ3v) is 10.3. The van der Waals surface area contributed by atoms with Crippen molar-refractivity contribution in [1.82, 2.24) is 9.80 Å². The van der Waals surface area contributed by atoms with Gasteiger partial charge in [-0.3, -0.25) is 9.80 Å². The van der Waals surface area contributed by atoms with Gasteiger partial charge in [0.1, 0.15) is 25.3 Å². The van der Waals surface area contributed by atoms with Crippen molar-refractivity contribution in [2.45, 2.75) is 49.0 Å². The number of carbonyl (C=O) groups is 4. The summed E-state index contributed by atoms with van der Waals surface area (Å²) in [5.41, 5.74) is 8.90. The number of likely N-dealkylation sites (tertiary alicyclic amines) is 2. The summed E-state index contributed by atoms with van der Waals surface area (Å²) in [7, 11) is 0. The molecule has 2 saturated heterocycles. The Kier molecular flexibility index (Phi) is 9.67. The number of hydrogen-bond acceptors (Lipinski definition) is 8. The van der Waals surface area contributed by atoms with Gasteiger partial charge in [-0.25, -0.2) is 19.2 Å². The second-order valence-electron chi connectivity index (χ2n) is 13.4. The minimum Gasteiger partial charge on any atom is -0.480 e. The van der Waals surface area contributed by atoms with E-state index in [1.165, 1.54) is 0 Å². The van der Waals surface area contributed by atoms with Crippen molar-refractivity contribution >= 4 is 24.1 Å². The zero-order valence-electron chi connectivity index (χ0n) is 28.1. The maximum atomic E-state index is 12.4.